The molecule has 0 unspecified atom stereocenters. The van der Waals surface area contributed by atoms with E-state index in [2.05, 4.69) is 36.4 Å². The van der Waals surface area contributed by atoms with Crippen molar-refractivity contribution in [3.05, 3.63) is 60.7 Å². The fourth-order valence-electron chi connectivity index (χ4n) is 1.74. The number of hydrogen-bond donors (Lipinski definition) is 0. The van der Waals surface area contributed by atoms with Crippen LogP contribution < -0.4 is 0 Å². The van der Waals surface area contributed by atoms with Crippen molar-refractivity contribution >= 4 is 40.9 Å². The number of halogens is 2. The van der Waals surface area contributed by atoms with Crippen LogP contribution in [0.2, 0.25) is 0 Å². The number of benzene rings is 3. The average Bonchev–Trinajstić information content (AvgIpc) is 2.49. The van der Waals surface area contributed by atoms with Gasteiger partial charge in [0.1, 0.15) is 0 Å². The normalized spacial score (nSPS) is 9.22. The first kappa shape index (κ1) is 16.1. The van der Waals surface area contributed by atoms with Gasteiger partial charge in [-0.3, -0.25) is 0 Å². The minimum absolute atomic E-state index is 0.847. The molecular weight excluding hydrogens is 370 g/mol. The maximum atomic E-state index is 4.76. The molecule has 0 aliphatic carbocycles. The van der Waals surface area contributed by atoms with Crippen molar-refractivity contribution in [2.45, 2.75) is 0 Å². The van der Waals surface area contributed by atoms with Crippen LogP contribution in [0.25, 0.3) is 21.5 Å². The van der Waals surface area contributed by atoms with Gasteiger partial charge in [-0.25, -0.2) is 0 Å². The minimum Gasteiger partial charge on any atom is -0.147 e. The van der Waals surface area contributed by atoms with Crippen molar-refractivity contribution in [3.8, 4) is 0 Å². The van der Waals surface area contributed by atoms with Gasteiger partial charge in [-0.05, 0) is 0 Å². The smallest absolute Gasteiger partial charge is 0.117 e. The zero-order valence-corrected chi connectivity index (χ0v) is 17.2. The molecule has 0 nitrogen and oxygen atoms in total. The molecule has 0 fully saturated rings. The third-order valence-corrected chi connectivity index (χ3v) is 2.44. The Labute approximate surface area is 135 Å². The fraction of sp³-hybridized carbons (Fsp3) is 0. The molecule has 3 aromatic carbocycles. The Balaban J connectivity index is 0.000000371. The van der Waals surface area contributed by atoms with E-state index in [1.165, 1.54) is 10.8 Å². The summed E-state index contributed by atoms with van der Waals surface area (Å²) in [7, 11) is 9.53. The molecule has 0 aliphatic heterocycles. The number of fused-ring (bicyclic) bond motifs is 2. The van der Waals surface area contributed by atoms with E-state index < -0.39 is 0 Å². The van der Waals surface area contributed by atoms with Gasteiger partial charge in [-0.1, -0.05) is 0 Å². The van der Waals surface area contributed by atoms with E-state index in [-0.39, 0.29) is 0 Å². The molecule has 0 radical (unpaired) electrons. The second kappa shape index (κ2) is 9.00. The van der Waals surface area contributed by atoms with Gasteiger partial charge in [0.15, 0.2) is 0 Å². The molecule has 82 valence electrons. The van der Waals surface area contributed by atoms with Crippen LogP contribution in [0.5, 0.6) is 0 Å². The van der Waals surface area contributed by atoms with Crippen molar-refractivity contribution in [1.82, 2.24) is 0 Å². The maximum absolute atomic E-state index is 4.76. The maximum Gasteiger partial charge on any atom is -0.117 e. The Morgan fingerprint density at radius 1 is 0.722 bits per heavy atom. The van der Waals surface area contributed by atoms with E-state index in [1.54, 1.807) is 0 Å². The van der Waals surface area contributed by atoms with Crippen LogP contribution in [0.15, 0.2) is 48.5 Å². The summed E-state index contributed by atoms with van der Waals surface area (Å²) in [5.41, 5.74) is 0. The Morgan fingerprint density at radius 2 is 1.17 bits per heavy atom. The predicted octanol–water partition coefficient (Wildman–Crippen LogP) is 4.97. The fourth-order valence-corrected chi connectivity index (χ4v) is 1.74. The van der Waals surface area contributed by atoms with Gasteiger partial charge < -0.3 is 0 Å². The van der Waals surface area contributed by atoms with Crippen molar-refractivity contribution in [1.29, 1.82) is 0 Å². The topological polar surface area (TPSA) is 0 Å². The summed E-state index contributed by atoms with van der Waals surface area (Å²) in [6.45, 7) is 0. The molecule has 0 atom stereocenters. The van der Waals surface area contributed by atoms with Crippen LogP contribution in [0, 0.1) is 12.1 Å². The number of hydrogen-bond acceptors (Lipinski definition) is 0. The second-order valence-electron chi connectivity index (χ2n) is 3.37. The Morgan fingerprint density at radius 3 is 1.61 bits per heavy atom. The van der Waals surface area contributed by atoms with E-state index in [9.17, 15) is 0 Å². The van der Waals surface area contributed by atoms with Gasteiger partial charge in [0.2, 0.25) is 0 Å². The Hall–Kier alpha value is 0.00675. The molecule has 0 saturated carbocycles. The zero-order chi connectivity index (χ0) is 13.4. The third-order valence-electron chi connectivity index (χ3n) is 2.44. The predicted molar refractivity (Wildman–Crippen MR) is 70.8 cm³/mol. The molecule has 4 heteroatoms. The molecule has 3 rings (SSSR count). The molecule has 0 N–H and O–H groups in total. The number of rotatable bonds is 0. The minimum atomic E-state index is 0.847. The monoisotopic (exact) mass is 374 g/mol. The summed E-state index contributed by atoms with van der Waals surface area (Å²) >= 11 is 1.69. The molecule has 0 heterocycles. The van der Waals surface area contributed by atoms with Gasteiger partial charge in [0, 0.05) is 0 Å². The molecule has 0 amide bonds. The first-order valence-electron chi connectivity index (χ1n) is 5.18. The quantitative estimate of drug-likeness (QED) is 0.295. The van der Waals surface area contributed by atoms with Gasteiger partial charge in [0.25, 0.3) is 0 Å². The molecule has 0 saturated heterocycles. The molecule has 0 bridgehead atoms. The zero-order valence-electron chi connectivity index (χ0n) is 9.79. The largest absolute Gasteiger partial charge is 0.147 e. The molecule has 18 heavy (non-hydrogen) atoms. The summed E-state index contributed by atoms with van der Waals surface area (Å²) in [5, 5.41) is 4.78. The van der Waals surface area contributed by atoms with Crippen molar-refractivity contribution in [2.75, 3.05) is 0 Å². The van der Waals surface area contributed by atoms with Crippen LogP contribution in [0.4, 0.5) is 0 Å². The van der Waals surface area contributed by atoms with Crippen LogP contribution >= 0.6 is 19.4 Å². The summed E-state index contributed by atoms with van der Waals surface area (Å²) < 4.78 is 0. The van der Waals surface area contributed by atoms with E-state index >= 15 is 0 Å². The van der Waals surface area contributed by atoms with Gasteiger partial charge in [-0.15, -0.1) is 82.2 Å². The van der Waals surface area contributed by atoms with E-state index in [0.29, 0.717) is 0 Å². The van der Waals surface area contributed by atoms with Crippen molar-refractivity contribution in [2.24, 2.45) is 0 Å². The van der Waals surface area contributed by atoms with Crippen LogP contribution in [-0.2, 0) is 34.6 Å². The molecular formula is C14H8Cl2Zn2. The third kappa shape index (κ3) is 4.00. The molecule has 0 aliphatic rings. The molecule has 3 aromatic rings. The molecule has 0 spiro atoms. The van der Waals surface area contributed by atoms with Crippen LogP contribution in [0.1, 0.15) is 0 Å². The van der Waals surface area contributed by atoms with Gasteiger partial charge >= 0.3 is 54.0 Å². The van der Waals surface area contributed by atoms with Crippen LogP contribution in [-0.4, -0.2) is 0 Å². The van der Waals surface area contributed by atoms with Crippen molar-refractivity contribution in [3.63, 3.8) is 0 Å². The Kier molecular flexibility index (Phi) is 8.03. The first-order valence-corrected chi connectivity index (χ1v) is 13.0. The second-order valence-corrected chi connectivity index (χ2v) is 3.37. The Bertz CT molecular complexity index is 507. The summed E-state index contributed by atoms with van der Waals surface area (Å²) in [6, 6.07) is 22.9. The first-order chi connectivity index (χ1) is 8.93. The van der Waals surface area contributed by atoms with E-state index in [4.69, 9.17) is 19.4 Å². The summed E-state index contributed by atoms with van der Waals surface area (Å²) in [5.74, 6) is 0. The van der Waals surface area contributed by atoms with E-state index in [0.717, 1.165) is 45.4 Å². The standard InChI is InChI=1S/C14H8.2ClH.2Zn/c1-2-6-12-10-14-8-4-3-7-13(14)9-11(12)5-1;;;;/h1-5,7,9-10H;2*1H;;/q-2;;;2*+2/p-2. The van der Waals surface area contributed by atoms with Gasteiger partial charge in [-0.2, -0.15) is 0 Å². The van der Waals surface area contributed by atoms with E-state index in [1.807, 2.05) is 24.3 Å². The SMILES string of the molecule is [Cl][Zn+].[Cl][Zn+].[c-]1cccc2cc3ccc[c-]c3cc12. The molecule has 0 aromatic heterocycles. The summed E-state index contributed by atoms with van der Waals surface area (Å²) in [6.07, 6.45) is 0. The van der Waals surface area contributed by atoms with Crippen LogP contribution in [0.3, 0.4) is 0 Å². The average molecular weight is 378 g/mol. The summed E-state index contributed by atoms with van der Waals surface area (Å²) in [4.78, 5) is 0. The van der Waals surface area contributed by atoms with Crippen molar-refractivity contribution < 1.29 is 34.6 Å². The van der Waals surface area contributed by atoms with Gasteiger partial charge in [0.05, 0.1) is 0 Å².